The fraction of sp³-hybridized carbons (Fsp3) is 0.0625. The molecule has 24 heavy (non-hydrogen) atoms. The largest absolute Gasteiger partial charge is 0.455 e. The summed E-state index contributed by atoms with van der Waals surface area (Å²) in [5.41, 5.74) is 4.10. The Morgan fingerprint density at radius 1 is 1.29 bits per heavy atom. The Kier molecular flexibility index (Phi) is 4.69. The van der Waals surface area contributed by atoms with Gasteiger partial charge < -0.3 is 4.42 Å². The number of carbonyl (C=O) groups excluding carboxylic acids is 1. The fourth-order valence-electron chi connectivity index (χ4n) is 2.00. The first-order valence-corrected chi connectivity index (χ1v) is 7.69. The number of aryl methyl sites for hydroxylation is 1. The van der Waals surface area contributed by atoms with Gasteiger partial charge in [0, 0.05) is 16.3 Å². The van der Waals surface area contributed by atoms with E-state index in [1.54, 1.807) is 43.3 Å². The zero-order chi connectivity index (χ0) is 17.1. The molecule has 0 saturated carbocycles. The van der Waals surface area contributed by atoms with Crippen molar-refractivity contribution in [3.8, 4) is 11.3 Å². The van der Waals surface area contributed by atoms with Crippen LogP contribution in [0, 0.1) is 6.92 Å². The zero-order valence-corrected chi connectivity index (χ0v) is 14.0. The monoisotopic (exact) mass is 362 g/mol. The number of benzene rings is 1. The zero-order valence-electron chi connectivity index (χ0n) is 12.5. The van der Waals surface area contributed by atoms with Crippen molar-refractivity contribution >= 4 is 35.3 Å². The van der Waals surface area contributed by atoms with Crippen LogP contribution in [-0.2, 0) is 0 Å². The Bertz CT molecular complexity index is 914. The van der Waals surface area contributed by atoms with Gasteiger partial charge in [-0.2, -0.15) is 10.2 Å². The Morgan fingerprint density at radius 3 is 2.88 bits per heavy atom. The molecule has 2 heterocycles. The molecule has 1 aromatic carbocycles. The highest BCUT2D eigenvalue weighted by atomic mass is 35.5. The standard InChI is InChI=1S/C16H12Cl2N4O2/c1-9-6-14(21-20-9)16(23)22-19-8-11-3-5-15(24-11)12-7-10(17)2-4-13(12)18/h2-8H,1H3,(H,20,21)(H,22,23)/b19-8+. The summed E-state index contributed by atoms with van der Waals surface area (Å²) in [5.74, 6) is 0.595. The van der Waals surface area contributed by atoms with Gasteiger partial charge in [0.2, 0.25) is 0 Å². The van der Waals surface area contributed by atoms with Crippen molar-refractivity contribution in [3.63, 3.8) is 0 Å². The molecule has 0 bridgehead atoms. The molecule has 122 valence electrons. The normalized spacial score (nSPS) is 11.1. The van der Waals surface area contributed by atoms with E-state index < -0.39 is 5.91 Å². The van der Waals surface area contributed by atoms with Gasteiger partial charge in [0.1, 0.15) is 11.5 Å². The van der Waals surface area contributed by atoms with E-state index in [9.17, 15) is 4.79 Å². The molecule has 0 aliphatic carbocycles. The van der Waals surface area contributed by atoms with E-state index in [0.29, 0.717) is 27.1 Å². The molecule has 0 radical (unpaired) electrons. The minimum atomic E-state index is -0.416. The number of nitrogens with zero attached hydrogens (tertiary/aromatic N) is 2. The molecule has 2 aromatic heterocycles. The highest BCUT2D eigenvalue weighted by molar-refractivity contribution is 6.35. The second kappa shape index (κ2) is 6.90. The van der Waals surface area contributed by atoms with Gasteiger partial charge in [0.25, 0.3) is 5.91 Å². The van der Waals surface area contributed by atoms with Crippen LogP contribution in [0.3, 0.4) is 0 Å². The number of aromatic nitrogens is 2. The van der Waals surface area contributed by atoms with E-state index >= 15 is 0 Å². The molecule has 0 aliphatic rings. The molecule has 0 unspecified atom stereocenters. The van der Waals surface area contributed by atoms with Gasteiger partial charge >= 0.3 is 0 Å². The number of hydrogen-bond donors (Lipinski definition) is 2. The molecule has 8 heteroatoms. The minimum Gasteiger partial charge on any atom is -0.455 e. The Balaban J connectivity index is 1.70. The molecular weight excluding hydrogens is 351 g/mol. The van der Waals surface area contributed by atoms with Crippen LogP contribution in [0.15, 0.2) is 45.9 Å². The van der Waals surface area contributed by atoms with Crippen LogP contribution in [0.5, 0.6) is 0 Å². The van der Waals surface area contributed by atoms with Crippen molar-refractivity contribution in [2.75, 3.05) is 0 Å². The third-order valence-corrected chi connectivity index (χ3v) is 3.68. The van der Waals surface area contributed by atoms with E-state index in [1.807, 2.05) is 0 Å². The highest BCUT2D eigenvalue weighted by Crippen LogP contribution is 2.31. The van der Waals surface area contributed by atoms with Gasteiger partial charge in [-0.15, -0.1) is 0 Å². The maximum atomic E-state index is 11.8. The van der Waals surface area contributed by atoms with Crippen molar-refractivity contribution in [1.82, 2.24) is 15.6 Å². The molecule has 0 spiro atoms. The van der Waals surface area contributed by atoms with Crippen LogP contribution in [0.25, 0.3) is 11.3 Å². The van der Waals surface area contributed by atoms with Gasteiger partial charge in [-0.3, -0.25) is 9.89 Å². The van der Waals surface area contributed by atoms with Crippen LogP contribution < -0.4 is 5.43 Å². The molecule has 0 saturated heterocycles. The average molecular weight is 363 g/mol. The molecule has 0 fully saturated rings. The smallest absolute Gasteiger partial charge is 0.291 e. The number of hydrogen-bond acceptors (Lipinski definition) is 4. The molecule has 6 nitrogen and oxygen atoms in total. The minimum absolute atomic E-state index is 0.260. The van der Waals surface area contributed by atoms with E-state index in [-0.39, 0.29) is 5.69 Å². The van der Waals surface area contributed by atoms with E-state index in [4.69, 9.17) is 27.6 Å². The average Bonchev–Trinajstić information content (AvgIpc) is 3.19. The van der Waals surface area contributed by atoms with Crippen molar-refractivity contribution in [1.29, 1.82) is 0 Å². The summed E-state index contributed by atoms with van der Waals surface area (Å²) in [6, 6.07) is 10.2. The number of hydrazone groups is 1. The quantitative estimate of drug-likeness (QED) is 0.542. The van der Waals surface area contributed by atoms with Gasteiger partial charge in [-0.1, -0.05) is 23.2 Å². The lowest BCUT2D eigenvalue weighted by molar-refractivity contribution is 0.0950. The molecule has 3 aromatic rings. The lowest BCUT2D eigenvalue weighted by Gasteiger charge is -2.00. The number of amides is 1. The second-order valence-electron chi connectivity index (χ2n) is 4.96. The predicted octanol–water partition coefficient (Wildman–Crippen LogP) is 4.05. The third kappa shape index (κ3) is 3.67. The van der Waals surface area contributed by atoms with Crippen molar-refractivity contribution in [2.24, 2.45) is 5.10 Å². The molecule has 3 rings (SSSR count). The van der Waals surface area contributed by atoms with Gasteiger partial charge in [-0.25, -0.2) is 5.43 Å². The lowest BCUT2D eigenvalue weighted by atomic mass is 10.2. The van der Waals surface area contributed by atoms with Crippen LogP contribution in [0.1, 0.15) is 21.9 Å². The van der Waals surface area contributed by atoms with Crippen LogP contribution >= 0.6 is 23.2 Å². The summed E-state index contributed by atoms with van der Waals surface area (Å²) in [6.45, 7) is 1.80. The summed E-state index contributed by atoms with van der Waals surface area (Å²) in [4.78, 5) is 11.8. The fourth-order valence-corrected chi connectivity index (χ4v) is 2.38. The SMILES string of the molecule is Cc1cc(C(=O)N/N=C/c2ccc(-c3cc(Cl)ccc3Cl)o2)n[nH]1. The number of H-pyrrole nitrogens is 1. The summed E-state index contributed by atoms with van der Waals surface area (Å²) in [7, 11) is 0. The van der Waals surface area contributed by atoms with Gasteiger partial charge in [0.15, 0.2) is 5.69 Å². The first kappa shape index (κ1) is 16.3. The van der Waals surface area contributed by atoms with Crippen LogP contribution in [0.2, 0.25) is 10.0 Å². The number of nitrogens with one attached hydrogen (secondary N) is 2. The second-order valence-corrected chi connectivity index (χ2v) is 5.81. The molecule has 0 atom stereocenters. The molecule has 1 amide bonds. The van der Waals surface area contributed by atoms with Crippen molar-refractivity contribution in [3.05, 3.63) is 63.6 Å². The maximum Gasteiger partial charge on any atom is 0.291 e. The summed E-state index contributed by atoms with van der Waals surface area (Å²) >= 11 is 12.1. The van der Waals surface area contributed by atoms with E-state index in [2.05, 4.69) is 20.7 Å². The number of aromatic amines is 1. The maximum absolute atomic E-state index is 11.8. The summed E-state index contributed by atoms with van der Waals surface area (Å²) < 4.78 is 5.63. The van der Waals surface area contributed by atoms with Gasteiger partial charge in [-0.05, 0) is 43.3 Å². The van der Waals surface area contributed by atoms with E-state index in [1.165, 1.54) is 6.21 Å². The number of halogens is 2. The Hall–Kier alpha value is -2.57. The highest BCUT2D eigenvalue weighted by Gasteiger charge is 2.10. The Labute approximate surface area is 147 Å². The number of furan rings is 1. The molecular formula is C16H12Cl2N4O2. The van der Waals surface area contributed by atoms with Crippen molar-refractivity contribution in [2.45, 2.75) is 6.92 Å². The first-order chi connectivity index (χ1) is 11.5. The van der Waals surface area contributed by atoms with Crippen molar-refractivity contribution < 1.29 is 9.21 Å². The molecule has 2 N–H and O–H groups in total. The predicted molar refractivity (Wildman–Crippen MR) is 92.5 cm³/mol. The van der Waals surface area contributed by atoms with Crippen LogP contribution in [0.4, 0.5) is 0 Å². The third-order valence-electron chi connectivity index (χ3n) is 3.12. The summed E-state index contributed by atoms with van der Waals surface area (Å²) in [6.07, 6.45) is 1.39. The number of carbonyl (C=O) groups is 1. The van der Waals surface area contributed by atoms with Gasteiger partial charge in [0.05, 0.1) is 11.2 Å². The Morgan fingerprint density at radius 2 is 2.12 bits per heavy atom. The van der Waals surface area contributed by atoms with Crippen LogP contribution in [-0.4, -0.2) is 22.3 Å². The number of rotatable bonds is 4. The molecule has 0 aliphatic heterocycles. The first-order valence-electron chi connectivity index (χ1n) is 6.93. The topological polar surface area (TPSA) is 83.3 Å². The van der Waals surface area contributed by atoms with E-state index in [0.717, 1.165) is 5.69 Å². The lowest BCUT2D eigenvalue weighted by Crippen LogP contribution is -2.17. The summed E-state index contributed by atoms with van der Waals surface area (Å²) in [5, 5.41) is 11.5.